The van der Waals surface area contributed by atoms with E-state index in [-0.39, 0.29) is 11.3 Å². The van der Waals surface area contributed by atoms with Crippen LogP contribution in [-0.2, 0) is 5.41 Å². The average molecular weight is 340 g/mol. The number of hydrogen-bond acceptors (Lipinski definition) is 4. The maximum atomic E-state index is 12.0. The van der Waals surface area contributed by atoms with E-state index in [1.165, 1.54) is 11.3 Å². The lowest BCUT2D eigenvalue weighted by molar-refractivity contribution is 0.102. The first-order valence-corrected chi connectivity index (χ1v) is 7.42. The van der Waals surface area contributed by atoms with Gasteiger partial charge in [-0.1, -0.05) is 20.8 Å². The summed E-state index contributed by atoms with van der Waals surface area (Å²) in [6, 6.07) is 3.34. The fourth-order valence-electron chi connectivity index (χ4n) is 1.39. The lowest BCUT2D eigenvalue weighted by Gasteiger charge is -2.14. The number of nitrogens with one attached hydrogen (secondary N) is 1. The zero-order valence-corrected chi connectivity index (χ0v) is 13.3. The third-order valence-electron chi connectivity index (χ3n) is 2.48. The van der Waals surface area contributed by atoms with Gasteiger partial charge in [-0.25, -0.2) is 9.97 Å². The molecule has 0 aliphatic rings. The SMILES string of the molecule is CC(C)(C)c1csc(NC(=O)c2ccnc(Br)c2)n1. The summed E-state index contributed by atoms with van der Waals surface area (Å²) in [6.45, 7) is 6.27. The van der Waals surface area contributed by atoms with Crippen molar-refractivity contribution in [2.45, 2.75) is 26.2 Å². The van der Waals surface area contributed by atoms with Crippen molar-refractivity contribution in [2.24, 2.45) is 0 Å². The Morgan fingerprint density at radius 3 is 2.74 bits per heavy atom. The molecule has 0 aliphatic carbocycles. The number of rotatable bonds is 2. The number of nitrogens with zero attached hydrogens (tertiary/aromatic N) is 2. The Morgan fingerprint density at radius 2 is 2.16 bits per heavy atom. The number of halogens is 1. The molecule has 4 nitrogen and oxygen atoms in total. The summed E-state index contributed by atoms with van der Waals surface area (Å²) in [4.78, 5) is 20.5. The molecule has 0 saturated heterocycles. The molecule has 1 N–H and O–H groups in total. The number of anilines is 1. The standard InChI is InChI=1S/C13H14BrN3OS/c1-13(2,3)9-7-19-12(16-9)17-11(18)8-4-5-15-10(14)6-8/h4-7H,1-3H3,(H,16,17,18). The van der Waals surface area contributed by atoms with Crippen LogP contribution >= 0.6 is 27.3 Å². The van der Waals surface area contributed by atoms with Gasteiger partial charge in [-0.3, -0.25) is 10.1 Å². The number of thiazole rings is 1. The molecule has 0 saturated carbocycles. The molecular formula is C13H14BrN3OS. The van der Waals surface area contributed by atoms with Crippen LogP contribution < -0.4 is 5.32 Å². The van der Waals surface area contributed by atoms with Gasteiger partial charge in [0.05, 0.1) is 5.69 Å². The van der Waals surface area contributed by atoms with Crippen molar-refractivity contribution >= 4 is 38.3 Å². The van der Waals surface area contributed by atoms with Crippen LogP contribution in [0.15, 0.2) is 28.3 Å². The molecule has 6 heteroatoms. The molecule has 0 radical (unpaired) electrons. The van der Waals surface area contributed by atoms with Gasteiger partial charge < -0.3 is 0 Å². The van der Waals surface area contributed by atoms with Crippen molar-refractivity contribution in [1.82, 2.24) is 9.97 Å². The molecule has 2 aromatic rings. The van der Waals surface area contributed by atoms with E-state index in [0.29, 0.717) is 15.3 Å². The summed E-state index contributed by atoms with van der Waals surface area (Å²) in [5.74, 6) is -0.182. The average Bonchev–Trinajstić information content (AvgIpc) is 2.77. The van der Waals surface area contributed by atoms with Crippen LogP contribution in [-0.4, -0.2) is 15.9 Å². The minimum Gasteiger partial charge on any atom is -0.298 e. The lowest BCUT2D eigenvalue weighted by atomic mass is 9.93. The highest BCUT2D eigenvalue weighted by Gasteiger charge is 2.18. The first kappa shape index (κ1) is 14.1. The second-order valence-electron chi connectivity index (χ2n) is 5.11. The van der Waals surface area contributed by atoms with E-state index in [1.807, 2.05) is 5.38 Å². The van der Waals surface area contributed by atoms with Gasteiger partial charge >= 0.3 is 0 Å². The molecule has 0 unspecified atom stereocenters. The molecule has 0 aromatic carbocycles. The van der Waals surface area contributed by atoms with Crippen LogP contribution in [0, 0.1) is 0 Å². The van der Waals surface area contributed by atoms with Crippen LogP contribution in [0.25, 0.3) is 0 Å². The number of aromatic nitrogens is 2. The summed E-state index contributed by atoms with van der Waals surface area (Å²) in [7, 11) is 0. The highest BCUT2D eigenvalue weighted by molar-refractivity contribution is 9.10. The molecule has 2 aromatic heterocycles. The van der Waals surface area contributed by atoms with Crippen molar-refractivity contribution in [3.05, 3.63) is 39.6 Å². The molecular weight excluding hydrogens is 326 g/mol. The smallest absolute Gasteiger partial charge is 0.257 e. The second kappa shape index (κ2) is 5.38. The van der Waals surface area contributed by atoms with Crippen molar-refractivity contribution < 1.29 is 4.79 Å². The maximum Gasteiger partial charge on any atom is 0.257 e. The number of carbonyl (C=O) groups excluding carboxylic acids is 1. The molecule has 0 spiro atoms. The zero-order valence-electron chi connectivity index (χ0n) is 10.9. The van der Waals surface area contributed by atoms with Gasteiger partial charge in [0.1, 0.15) is 4.60 Å². The molecule has 0 atom stereocenters. The number of amides is 1. The first-order valence-electron chi connectivity index (χ1n) is 5.75. The molecule has 2 heterocycles. The molecule has 0 aliphatic heterocycles. The van der Waals surface area contributed by atoms with Gasteiger partial charge in [-0.2, -0.15) is 0 Å². The van der Waals surface area contributed by atoms with E-state index in [0.717, 1.165) is 5.69 Å². The van der Waals surface area contributed by atoms with Crippen LogP contribution in [0.3, 0.4) is 0 Å². The topological polar surface area (TPSA) is 54.9 Å². The van der Waals surface area contributed by atoms with E-state index >= 15 is 0 Å². The minimum atomic E-state index is -0.182. The number of carbonyl (C=O) groups is 1. The molecule has 2 rings (SSSR count). The Kier molecular flexibility index (Phi) is 4.01. The predicted molar refractivity (Wildman–Crippen MR) is 80.7 cm³/mol. The maximum absolute atomic E-state index is 12.0. The van der Waals surface area contributed by atoms with E-state index in [4.69, 9.17) is 0 Å². The Morgan fingerprint density at radius 1 is 1.42 bits per heavy atom. The molecule has 19 heavy (non-hydrogen) atoms. The van der Waals surface area contributed by atoms with E-state index in [2.05, 4.69) is 52.0 Å². The zero-order chi connectivity index (χ0) is 14.0. The Balaban J connectivity index is 2.13. The van der Waals surface area contributed by atoms with Gasteiger partial charge in [0.2, 0.25) is 0 Å². The minimum absolute atomic E-state index is 0.0147. The third kappa shape index (κ3) is 3.61. The summed E-state index contributed by atoms with van der Waals surface area (Å²) < 4.78 is 0.634. The van der Waals surface area contributed by atoms with E-state index in [9.17, 15) is 4.79 Å². The van der Waals surface area contributed by atoms with Crippen LogP contribution in [0.1, 0.15) is 36.8 Å². The molecule has 0 bridgehead atoms. The predicted octanol–water partition coefficient (Wildman–Crippen LogP) is 3.85. The fourth-order valence-corrected chi connectivity index (χ4v) is 2.69. The van der Waals surface area contributed by atoms with Gasteiger partial charge in [0.15, 0.2) is 5.13 Å². The van der Waals surface area contributed by atoms with Crippen LogP contribution in [0.5, 0.6) is 0 Å². The highest BCUT2D eigenvalue weighted by atomic mass is 79.9. The quantitative estimate of drug-likeness (QED) is 0.845. The van der Waals surface area contributed by atoms with Crippen LogP contribution in [0.2, 0.25) is 0 Å². The normalized spacial score (nSPS) is 11.4. The molecule has 1 amide bonds. The van der Waals surface area contributed by atoms with Crippen molar-refractivity contribution in [3.8, 4) is 0 Å². The Labute approximate surface area is 124 Å². The van der Waals surface area contributed by atoms with Gasteiger partial charge in [0, 0.05) is 22.6 Å². The molecule has 0 fully saturated rings. The Bertz CT molecular complexity index is 604. The monoisotopic (exact) mass is 339 g/mol. The lowest BCUT2D eigenvalue weighted by Crippen LogP contribution is -2.14. The van der Waals surface area contributed by atoms with Crippen molar-refractivity contribution in [1.29, 1.82) is 0 Å². The largest absolute Gasteiger partial charge is 0.298 e. The fraction of sp³-hybridized carbons (Fsp3) is 0.308. The van der Waals surface area contributed by atoms with E-state index < -0.39 is 0 Å². The summed E-state index contributed by atoms with van der Waals surface area (Å²) in [6.07, 6.45) is 1.58. The summed E-state index contributed by atoms with van der Waals surface area (Å²) in [5, 5.41) is 5.38. The highest BCUT2D eigenvalue weighted by Crippen LogP contribution is 2.26. The van der Waals surface area contributed by atoms with E-state index in [1.54, 1.807) is 18.3 Å². The number of hydrogen-bond donors (Lipinski definition) is 1. The summed E-state index contributed by atoms with van der Waals surface area (Å²) in [5.41, 5.74) is 1.51. The molecule has 100 valence electrons. The van der Waals surface area contributed by atoms with Gasteiger partial charge in [-0.15, -0.1) is 11.3 Å². The Hall–Kier alpha value is -1.27. The first-order chi connectivity index (χ1) is 8.86. The number of pyridine rings is 1. The van der Waals surface area contributed by atoms with Gasteiger partial charge in [0.25, 0.3) is 5.91 Å². The van der Waals surface area contributed by atoms with Gasteiger partial charge in [-0.05, 0) is 28.1 Å². The van der Waals surface area contributed by atoms with Crippen molar-refractivity contribution in [2.75, 3.05) is 5.32 Å². The summed E-state index contributed by atoms with van der Waals surface area (Å²) >= 11 is 4.68. The second-order valence-corrected chi connectivity index (χ2v) is 6.78. The van der Waals surface area contributed by atoms with Crippen LogP contribution in [0.4, 0.5) is 5.13 Å². The third-order valence-corrected chi connectivity index (χ3v) is 3.67. The van der Waals surface area contributed by atoms with Crippen molar-refractivity contribution in [3.63, 3.8) is 0 Å².